The highest BCUT2D eigenvalue weighted by molar-refractivity contribution is 6.09. The molecule has 2 aliphatic rings. The molecule has 2 N–H and O–H groups in total. The van der Waals surface area contributed by atoms with Crippen LogP contribution < -0.4 is 10.6 Å². The highest BCUT2D eigenvalue weighted by Gasteiger charge is 2.55. The molecular weight excluding hydrogens is 324 g/mol. The Bertz CT molecular complexity index is 565. The first-order valence-corrected chi connectivity index (χ1v) is 9.04. The second kappa shape index (κ2) is 7.84. The third-order valence-electron chi connectivity index (χ3n) is 5.24. The van der Waals surface area contributed by atoms with Crippen LogP contribution in [0.3, 0.4) is 0 Å². The molecule has 0 aromatic rings. The predicted molar refractivity (Wildman–Crippen MR) is 91.5 cm³/mol. The van der Waals surface area contributed by atoms with Crippen LogP contribution in [0.25, 0.3) is 0 Å². The van der Waals surface area contributed by atoms with Gasteiger partial charge in [0.25, 0.3) is 5.91 Å². The molecule has 1 saturated carbocycles. The summed E-state index contributed by atoms with van der Waals surface area (Å²) >= 11 is 0. The average Bonchev–Trinajstić information content (AvgIpc) is 2.80. The lowest BCUT2D eigenvalue weighted by molar-refractivity contribution is -0.141. The van der Waals surface area contributed by atoms with E-state index in [1.165, 1.54) is 4.90 Å². The number of hydrogen-bond donors (Lipinski definition) is 2. The van der Waals surface area contributed by atoms with Gasteiger partial charge in [0.15, 0.2) is 0 Å². The number of carbonyl (C=O) groups excluding carboxylic acids is 4. The monoisotopic (exact) mass is 352 g/mol. The van der Waals surface area contributed by atoms with Gasteiger partial charge >= 0.3 is 6.03 Å². The first kappa shape index (κ1) is 19.2. The summed E-state index contributed by atoms with van der Waals surface area (Å²) in [7, 11) is 0. The lowest BCUT2D eigenvalue weighted by atomic mass is 9.73. The molecule has 0 unspecified atom stereocenters. The molecule has 8 heteroatoms. The SMILES string of the molecule is CCNC(=O)CN(CC)C(=O)CN1C(=O)N[C@]2(CCCC[C@H]2C)C1=O. The molecule has 1 aliphatic heterocycles. The van der Waals surface area contributed by atoms with Gasteiger partial charge < -0.3 is 15.5 Å². The molecule has 0 aromatic heterocycles. The lowest BCUT2D eigenvalue weighted by Gasteiger charge is -2.36. The van der Waals surface area contributed by atoms with E-state index in [0.717, 1.165) is 24.2 Å². The van der Waals surface area contributed by atoms with Crippen LogP contribution in [0.5, 0.6) is 0 Å². The van der Waals surface area contributed by atoms with Gasteiger partial charge in [-0.15, -0.1) is 0 Å². The number of hydrogen-bond acceptors (Lipinski definition) is 4. The van der Waals surface area contributed by atoms with E-state index < -0.39 is 17.5 Å². The summed E-state index contributed by atoms with van der Waals surface area (Å²) in [6.07, 6.45) is 3.42. The van der Waals surface area contributed by atoms with Crippen LogP contribution in [0.1, 0.15) is 46.5 Å². The maximum Gasteiger partial charge on any atom is 0.325 e. The Hall–Kier alpha value is -2.12. The molecule has 1 aliphatic carbocycles. The fourth-order valence-electron chi connectivity index (χ4n) is 3.68. The van der Waals surface area contributed by atoms with E-state index in [0.29, 0.717) is 19.5 Å². The van der Waals surface area contributed by atoms with Crippen LogP contribution >= 0.6 is 0 Å². The number of imide groups is 1. The summed E-state index contributed by atoms with van der Waals surface area (Å²) in [5, 5.41) is 5.47. The summed E-state index contributed by atoms with van der Waals surface area (Å²) in [5.41, 5.74) is -0.869. The van der Waals surface area contributed by atoms with E-state index in [9.17, 15) is 19.2 Å². The summed E-state index contributed by atoms with van der Waals surface area (Å²) in [5.74, 6) is -0.924. The Labute approximate surface area is 148 Å². The van der Waals surface area contributed by atoms with Gasteiger partial charge in [0.1, 0.15) is 12.1 Å². The van der Waals surface area contributed by atoms with Crippen LogP contribution in [0.15, 0.2) is 0 Å². The topological polar surface area (TPSA) is 98.8 Å². The Morgan fingerprint density at radius 1 is 1.32 bits per heavy atom. The van der Waals surface area contributed by atoms with Crippen molar-refractivity contribution in [2.24, 2.45) is 5.92 Å². The van der Waals surface area contributed by atoms with Crippen LogP contribution in [-0.2, 0) is 14.4 Å². The fraction of sp³-hybridized carbons (Fsp3) is 0.765. The normalized spacial score (nSPS) is 25.9. The van der Waals surface area contributed by atoms with Crippen LogP contribution in [-0.4, -0.2) is 65.3 Å². The van der Waals surface area contributed by atoms with E-state index >= 15 is 0 Å². The average molecular weight is 352 g/mol. The number of likely N-dealkylation sites (N-methyl/N-ethyl adjacent to an activating group) is 2. The Balaban J connectivity index is 2.06. The molecule has 0 bridgehead atoms. The van der Waals surface area contributed by atoms with Gasteiger partial charge in [-0.1, -0.05) is 19.8 Å². The van der Waals surface area contributed by atoms with E-state index in [1.54, 1.807) is 13.8 Å². The first-order chi connectivity index (χ1) is 11.9. The van der Waals surface area contributed by atoms with Crippen molar-refractivity contribution >= 4 is 23.8 Å². The van der Waals surface area contributed by atoms with E-state index in [1.807, 2.05) is 6.92 Å². The fourth-order valence-corrected chi connectivity index (χ4v) is 3.68. The smallest absolute Gasteiger partial charge is 0.325 e. The van der Waals surface area contributed by atoms with Crippen molar-refractivity contribution in [3.05, 3.63) is 0 Å². The van der Waals surface area contributed by atoms with Crippen molar-refractivity contribution in [2.45, 2.75) is 52.0 Å². The molecular formula is C17H28N4O4. The second-order valence-corrected chi connectivity index (χ2v) is 6.80. The standard InChI is InChI=1S/C17H28N4O4/c1-4-18-13(22)10-20(5-2)14(23)11-21-15(24)17(19-16(21)25)9-7-6-8-12(17)3/h12H,4-11H2,1-3H3,(H,18,22)(H,19,25)/t12-,17+/m1/s1. The van der Waals surface area contributed by atoms with E-state index in [2.05, 4.69) is 10.6 Å². The largest absolute Gasteiger partial charge is 0.355 e. The zero-order valence-electron chi connectivity index (χ0n) is 15.3. The number of nitrogens with zero attached hydrogens (tertiary/aromatic N) is 2. The minimum absolute atomic E-state index is 0.0513. The number of urea groups is 1. The van der Waals surface area contributed by atoms with Crippen molar-refractivity contribution in [3.63, 3.8) is 0 Å². The summed E-state index contributed by atoms with van der Waals surface area (Å²) in [6.45, 7) is 5.94. The van der Waals surface area contributed by atoms with Crippen LogP contribution in [0.4, 0.5) is 4.79 Å². The summed E-state index contributed by atoms with van der Waals surface area (Å²) < 4.78 is 0. The van der Waals surface area contributed by atoms with Gasteiger partial charge in [-0.25, -0.2) is 4.79 Å². The van der Waals surface area contributed by atoms with Crippen LogP contribution in [0.2, 0.25) is 0 Å². The van der Waals surface area contributed by atoms with Crippen molar-refractivity contribution in [1.29, 1.82) is 0 Å². The zero-order chi connectivity index (χ0) is 18.6. The van der Waals surface area contributed by atoms with Crippen molar-refractivity contribution < 1.29 is 19.2 Å². The molecule has 2 rings (SSSR count). The first-order valence-electron chi connectivity index (χ1n) is 9.04. The molecule has 1 spiro atoms. The molecule has 5 amide bonds. The molecule has 2 fully saturated rings. The predicted octanol–water partition coefficient (Wildman–Crippen LogP) is 0.472. The number of rotatable bonds is 6. The van der Waals surface area contributed by atoms with E-state index in [-0.39, 0.29) is 30.8 Å². The minimum atomic E-state index is -0.869. The maximum atomic E-state index is 12.9. The van der Waals surface area contributed by atoms with Gasteiger partial charge in [0.05, 0.1) is 6.54 Å². The maximum absolute atomic E-state index is 12.9. The molecule has 140 valence electrons. The third-order valence-corrected chi connectivity index (χ3v) is 5.24. The highest BCUT2D eigenvalue weighted by atomic mass is 16.2. The molecule has 1 saturated heterocycles. The molecule has 8 nitrogen and oxygen atoms in total. The molecule has 0 radical (unpaired) electrons. The van der Waals surface area contributed by atoms with Gasteiger partial charge in [0.2, 0.25) is 11.8 Å². The zero-order valence-corrected chi connectivity index (χ0v) is 15.3. The van der Waals surface area contributed by atoms with Gasteiger partial charge in [-0.2, -0.15) is 0 Å². The number of carbonyl (C=O) groups is 4. The van der Waals surface area contributed by atoms with Crippen molar-refractivity contribution in [1.82, 2.24) is 20.4 Å². The summed E-state index contributed by atoms with van der Waals surface area (Å²) in [4.78, 5) is 51.7. The third kappa shape index (κ3) is 3.77. The minimum Gasteiger partial charge on any atom is -0.355 e. The Morgan fingerprint density at radius 2 is 2.04 bits per heavy atom. The molecule has 0 aromatic carbocycles. The van der Waals surface area contributed by atoms with Gasteiger partial charge in [-0.05, 0) is 32.6 Å². The molecule has 2 atom stereocenters. The molecule has 1 heterocycles. The van der Waals surface area contributed by atoms with Gasteiger partial charge in [-0.3, -0.25) is 19.3 Å². The van der Waals surface area contributed by atoms with Crippen LogP contribution in [0, 0.1) is 5.92 Å². The second-order valence-electron chi connectivity index (χ2n) is 6.80. The number of nitrogens with one attached hydrogen (secondary N) is 2. The molecule has 25 heavy (non-hydrogen) atoms. The summed E-state index contributed by atoms with van der Waals surface area (Å²) in [6, 6.07) is -0.513. The quantitative estimate of drug-likeness (QED) is 0.679. The number of amides is 5. The van der Waals surface area contributed by atoms with Gasteiger partial charge in [0, 0.05) is 13.1 Å². The Morgan fingerprint density at radius 3 is 2.64 bits per heavy atom. The van der Waals surface area contributed by atoms with Crippen molar-refractivity contribution in [3.8, 4) is 0 Å². The van der Waals surface area contributed by atoms with Crippen molar-refractivity contribution in [2.75, 3.05) is 26.2 Å². The highest BCUT2D eigenvalue weighted by Crippen LogP contribution is 2.38. The van der Waals surface area contributed by atoms with E-state index in [4.69, 9.17) is 0 Å². The Kier molecular flexibility index (Phi) is 6.02. The lowest BCUT2D eigenvalue weighted by Crippen LogP contribution is -2.54.